The highest BCUT2D eigenvalue weighted by molar-refractivity contribution is 9.10. The van der Waals surface area contributed by atoms with Gasteiger partial charge < -0.3 is 14.8 Å². The highest BCUT2D eigenvalue weighted by atomic mass is 79.9. The van der Waals surface area contributed by atoms with Crippen molar-refractivity contribution in [2.75, 3.05) is 11.9 Å². The second-order valence-electron chi connectivity index (χ2n) is 8.18. The van der Waals surface area contributed by atoms with E-state index in [-0.39, 0.29) is 5.78 Å². The number of allylic oxidation sites excluding steroid dienone is 2. The molecular formula is C24H24BrN5O3. The number of nitrogens with one attached hydrogen (secondary N) is 1. The van der Waals surface area contributed by atoms with E-state index in [4.69, 9.17) is 9.47 Å². The van der Waals surface area contributed by atoms with E-state index in [1.807, 2.05) is 19.1 Å². The summed E-state index contributed by atoms with van der Waals surface area (Å²) in [5.41, 5.74) is 4.73. The van der Waals surface area contributed by atoms with E-state index in [0.29, 0.717) is 42.7 Å². The first-order valence-electron chi connectivity index (χ1n) is 11.0. The van der Waals surface area contributed by atoms with E-state index in [1.165, 1.54) is 5.56 Å². The molecule has 2 aromatic carbocycles. The predicted octanol–water partition coefficient (Wildman–Crippen LogP) is 4.74. The summed E-state index contributed by atoms with van der Waals surface area (Å²) in [4.78, 5) is 12.9. The van der Waals surface area contributed by atoms with Crippen molar-refractivity contribution < 1.29 is 14.3 Å². The molecule has 1 aromatic heterocycles. The van der Waals surface area contributed by atoms with Gasteiger partial charge in [-0.15, -0.1) is 0 Å². The number of hydrogen-bond donors (Lipinski definition) is 1. The van der Waals surface area contributed by atoms with Gasteiger partial charge in [-0.2, -0.15) is 4.68 Å². The third kappa shape index (κ3) is 4.13. The largest absolute Gasteiger partial charge is 0.490 e. The number of rotatable bonds is 6. The number of ether oxygens (including phenoxy) is 2. The zero-order valence-electron chi connectivity index (χ0n) is 18.5. The third-order valence-electron chi connectivity index (χ3n) is 5.88. The van der Waals surface area contributed by atoms with Crippen molar-refractivity contribution in [2.45, 2.75) is 45.8 Å². The summed E-state index contributed by atoms with van der Waals surface area (Å²) < 4.78 is 14.5. The van der Waals surface area contributed by atoms with Crippen LogP contribution in [-0.2, 0) is 11.4 Å². The Hall–Kier alpha value is -3.20. The van der Waals surface area contributed by atoms with Crippen molar-refractivity contribution in [3.05, 3.63) is 68.8 Å². The highest BCUT2D eigenvalue weighted by Crippen LogP contribution is 2.44. The number of ketones is 1. The van der Waals surface area contributed by atoms with Crippen LogP contribution in [0.5, 0.6) is 11.5 Å². The molecule has 0 saturated heterocycles. The molecule has 9 heteroatoms. The Kier molecular flexibility index (Phi) is 5.88. The molecule has 0 fully saturated rings. The molecular weight excluding hydrogens is 486 g/mol. The Labute approximate surface area is 200 Å². The van der Waals surface area contributed by atoms with Crippen molar-refractivity contribution in [3.63, 3.8) is 0 Å². The number of nitrogens with zero attached hydrogens (tertiary/aromatic N) is 4. The first kappa shape index (κ1) is 21.6. The first-order chi connectivity index (χ1) is 16.0. The van der Waals surface area contributed by atoms with Gasteiger partial charge in [0, 0.05) is 17.7 Å². The second kappa shape index (κ2) is 8.97. The molecule has 8 nitrogen and oxygen atoms in total. The highest BCUT2D eigenvalue weighted by Gasteiger charge is 2.37. The fourth-order valence-corrected chi connectivity index (χ4v) is 4.89. The van der Waals surface area contributed by atoms with E-state index in [1.54, 1.807) is 4.68 Å². The molecule has 0 saturated carbocycles. The van der Waals surface area contributed by atoms with Crippen LogP contribution < -0.4 is 14.8 Å². The number of carbonyl (C=O) groups excluding carboxylic acids is 1. The Bertz CT molecular complexity index is 1240. The van der Waals surface area contributed by atoms with Crippen LogP contribution in [0, 0.1) is 6.92 Å². The molecule has 1 aliphatic carbocycles. The van der Waals surface area contributed by atoms with E-state index < -0.39 is 6.04 Å². The number of fused-ring (bicyclic) bond motifs is 1. The summed E-state index contributed by atoms with van der Waals surface area (Å²) in [6.07, 6.45) is 2.13. The van der Waals surface area contributed by atoms with Gasteiger partial charge in [-0.1, -0.05) is 34.9 Å². The lowest BCUT2D eigenvalue weighted by Gasteiger charge is -2.32. The Morgan fingerprint density at radius 2 is 2.00 bits per heavy atom. The number of aryl methyl sites for hydroxylation is 1. The number of hydrogen-bond acceptors (Lipinski definition) is 7. The number of Topliss-reactive ketones (excluding diaryl/α,β-unsaturated/α-hetero) is 1. The van der Waals surface area contributed by atoms with Gasteiger partial charge in [0.1, 0.15) is 12.6 Å². The summed E-state index contributed by atoms with van der Waals surface area (Å²) in [6.45, 7) is 4.88. The van der Waals surface area contributed by atoms with Crippen molar-refractivity contribution in [1.29, 1.82) is 0 Å². The zero-order chi connectivity index (χ0) is 22.9. The van der Waals surface area contributed by atoms with Gasteiger partial charge in [-0.25, -0.2) is 0 Å². The first-order valence-corrected chi connectivity index (χ1v) is 11.8. The van der Waals surface area contributed by atoms with E-state index in [2.05, 4.69) is 68.0 Å². The molecule has 0 spiro atoms. The van der Waals surface area contributed by atoms with E-state index >= 15 is 0 Å². The van der Waals surface area contributed by atoms with Crippen LogP contribution in [-0.4, -0.2) is 32.6 Å². The van der Waals surface area contributed by atoms with Crippen LogP contribution in [0.1, 0.15) is 48.9 Å². The number of benzene rings is 2. The Morgan fingerprint density at radius 3 is 2.79 bits per heavy atom. The van der Waals surface area contributed by atoms with E-state index in [0.717, 1.165) is 34.1 Å². The van der Waals surface area contributed by atoms with Crippen molar-refractivity contribution in [2.24, 2.45) is 0 Å². The minimum atomic E-state index is -0.430. The minimum absolute atomic E-state index is 0.115. The normalized spacial score (nSPS) is 17.3. The quantitative estimate of drug-likeness (QED) is 0.512. The number of tetrazole rings is 1. The van der Waals surface area contributed by atoms with Crippen LogP contribution in [0.2, 0.25) is 0 Å². The smallest absolute Gasteiger partial charge is 0.248 e. The molecule has 33 heavy (non-hydrogen) atoms. The fourth-order valence-electron chi connectivity index (χ4n) is 4.31. The third-order valence-corrected chi connectivity index (χ3v) is 6.47. The lowest BCUT2D eigenvalue weighted by atomic mass is 9.85. The van der Waals surface area contributed by atoms with Gasteiger partial charge in [0.15, 0.2) is 17.3 Å². The van der Waals surface area contributed by atoms with Crippen LogP contribution in [0.15, 0.2) is 52.1 Å². The van der Waals surface area contributed by atoms with E-state index in [9.17, 15) is 4.79 Å². The molecule has 2 aliphatic rings. The van der Waals surface area contributed by atoms with Crippen LogP contribution >= 0.6 is 15.9 Å². The SMILES string of the molecule is CCOc1cc(C2C3=C(CCCC3=O)Nc3nnnn32)cc(Br)c1OCc1ccc(C)cc1. The average molecular weight is 510 g/mol. The lowest BCUT2D eigenvalue weighted by molar-refractivity contribution is -0.116. The lowest BCUT2D eigenvalue weighted by Crippen LogP contribution is -2.31. The zero-order valence-corrected chi connectivity index (χ0v) is 20.1. The number of anilines is 1. The van der Waals surface area contributed by atoms with Gasteiger partial charge in [-0.3, -0.25) is 4.79 Å². The minimum Gasteiger partial charge on any atom is -0.490 e. The maximum absolute atomic E-state index is 12.9. The molecule has 2 heterocycles. The van der Waals surface area contributed by atoms with Crippen LogP contribution in [0.25, 0.3) is 0 Å². The molecule has 1 unspecified atom stereocenters. The Balaban J connectivity index is 1.54. The molecule has 0 bridgehead atoms. The summed E-state index contributed by atoms with van der Waals surface area (Å²) in [5.74, 6) is 1.87. The monoisotopic (exact) mass is 509 g/mol. The number of aromatic nitrogens is 4. The number of carbonyl (C=O) groups is 1. The van der Waals surface area contributed by atoms with Crippen molar-refractivity contribution in [1.82, 2.24) is 20.2 Å². The maximum Gasteiger partial charge on any atom is 0.248 e. The molecule has 170 valence electrons. The van der Waals surface area contributed by atoms with Gasteiger partial charge in [0.25, 0.3) is 0 Å². The average Bonchev–Trinajstić information content (AvgIpc) is 3.27. The van der Waals surface area contributed by atoms with Crippen molar-refractivity contribution in [3.8, 4) is 11.5 Å². The standard InChI is InChI=1S/C24H24BrN5O3/c1-3-32-20-12-16(11-17(25)23(20)33-13-15-9-7-14(2)8-10-15)22-21-18(5-4-6-19(21)31)26-24-27-28-29-30(22)24/h7-12,22H,3-6,13H2,1-2H3,(H,26,27,29). The van der Waals surface area contributed by atoms with Crippen LogP contribution in [0.3, 0.4) is 0 Å². The van der Waals surface area contributed by atoms with Gasteiger partial charge in [0.05, 0.1) is 11.1 Å². The summed E-state index contributed by atoms with van der Waals surface area (Å²) in [6, 6.07) is 11.7. The van der Waals surface area contributed by atoms with Crippen molar-refractivity contribution >= 4 is 27.7 Å². The molecule has 5 rings (SSSR count). The summed E-state index contributed by atoms with van der Waals surface area (Å²) in [7, 11) is 0. The molecule has 3 aromatic rings. The fraction of sp³-hybridized carbons (Fsp3) is 0.333. The van der Waals surface area contributed by atoms with Gasteiger partial charge in [0.2, 0.25) is 5.95 Å². The molecule has 0 radical (unpaired) electrons. The summed E-state index contributed by atoms with van der Waals surface area (Å²) in [5, 5.41) is 15.3. The topological polar surface area (TPSA) is 91.2 Å². The van der Waals surface area contributed by atoms with Gasteiger partial charge >= 0.3 is 0 Å². The molecule has 1 aliphatic heterocycles. The second-order valence-corrected chi connectivity index (χ2v) is 9.04. The Morgan fingerprint density at radius 1 is 1.18 bits per heavy atom. The molecule has 0 amide bonds. The maximum atomic E-state index is 12.9. The number of halogens is 1. The molecule has 1 N–H and O–H groups in total. The van der Waals surface area contributed by atoms with Gasteiger partial charge in [-0.05, 0) is 76.3 Å². The molecule has 1 atom stereocenters. The van der Waals surface area contributed by atoms with Crippen LogP contribution in [0.4, 0.5) is 5.95 Å². The summed E-state index contributed by atoms with van der Waals surface area (Å²) >= 11 is 3.67. The predicted molar refractivity (Wildman–Crippen MR) is 126 cm³/mol.